The summed E-state index contributed by atoms with van der Waals surface area (Å²) < 4.78 is 11.0. The Hall–Kier alpha value is -1.79. The Balaban J connectivity index is 1.45. The van der Waals surface area contributed by atoms with Crippen molar-refractivity contribution >= 4 is 23.6 Å². The fourth-order valence-electron chi connectivity index (χ4n) is 3.71. The van der Waals surface area contributed by atoms with E-state index >= 15 is 0 Å². The molecule has 28 heavy (non-hydrogen) atoms. The minimum absolute atomic E-state index is 0.0483. The summed E-state index contributed by atoms with van der Waals surface area (Å²) in [7, 11) is 0. The smallest absolute Gasteiger partial charge is 0.407 e. The molecule has 7 heteroatoms. The van der Waals surface area contributed by atoms with E-state index in [0.29, 0.717) is 31.9 Å². The molecule has 2 saturated heterocycles. The van der Waals surface area contributed by atoms with Crippen LogP contribution in [0.15, 0.2) is 24.3 Å². The van der Waals surface area contributed by atoms with Crippen molar-refractivity contribution in [3.05, 3.63) is 34.9 Å². The van der Waals surface area contributed by atoms with Gasteiger partial charge in [0.2, 0.25) is 0 Å². The Morgan fingerprint density at radius 2 is 1.89 bits per heavy atom. The summed E-state index contributed by atoms with van der Waals surface area (Å²) in [6.45, 7) is 7.25. The van der Waals surface area contributed by atoms with Gasteiger partial charge in [-0.1, -0.05) is 23.7 Å². The van der Waals surface area contributed by atoms with Gasteiger partial charge in [0, 0.05) is 24.0 Å². The van der Waals surface area contributed by atoms with Crippen LogP contribution in [0, 0.1) is 0 Å². The van der Waals surface area contributed by atoms with Gasteiger partial charge in [-0.2, -0.15) is 0 Å². The summed E-state index contributed by atoms with van der Waals surface area (Å²) in [6, 6.07) is 7.72. The SMILES string of the molecule is CC(C)(C)OC(=O)N[C@@H]1CC[C@@H](C(=O)N2CCC(c3ccc(Cl)cc3)C2)OC1. The fraction of sp³-hybridized carbons (Fsp3) is 0.619. The molecule has 3 rings (SSSR count). The topological polar surface area (TPSA) is 67.9 Å². The number of carbonyl (C=O) groups excluding carboxylic acids is 2. The summed E-state index contributed by atoms with van der Waals surface area (Å²) >= 11 is 5.96. The lowest BCUT2D eigenvalue weighted by Gasteiger charge is -2.31. The second kappa shape index (κ2) is 8.70. The van der Waals surface area contributed by atoms with Crippen molar-refractivity contribution in [3.63, 3.8) is 0 Å². The van der Waals surface area contributed by atoms with Crippen LogP contribution in [0.4, 0.5) is 4.79 Å². The largest absolute Gasteiger partial charge is 0.444 e. The number of hydrogen-bond acceptors (Lipinski definition) is 4. The molecule has 2 amide bonds. The van der Waals surface area contributed by atoms with E-state index in [9.17, 15) is 9.59 Å². The molecular formula is C21H29ClN2O4. The van der Waals surface area contributed by atoms with Gasteiger partial charge in [-0.05, 0) is 57.7 Å². The highest BCUT2D eigenvalue weighted by atomic mass is 35.5. The number of nitrogens with one attached hydrogen (secondary N) is 1. The van der Waals surface area contributed by atoms with Crippen molar-refractivity contribution in [3.8, 4) is 0 Å². The van der Waals surface area contributed by atoms with Gasteiger partial charge in [-0.25, -0.2) is 4.79 Å². The molecule has 2 heterocycles. The molecule has 2 fully saturated rings. The predicted octanol–water partition coefficient (Wildman–Crippen LogP) is 3.73. The molecule has 0 aliphatic carbocycles. The number of alkyl carbamates (subject to hydrolysis) is 1. The van der Waals surface area contributed by atoms with E-state index < -0.39 is 17.8 Å². The predicted molar refractivity (Wildman–Crippen MR) is 108 cm³/mol. The van der Waals surface area contributed by atoms with Crippen molar-refractivity contribution in [2.75, 3.05) is 19.7 Å². The van der Waals surface area contributed by atoms with Crippen molar-refractivity contribution in [2.45, 2.75) is 63.7 Å². The lowest BCUT2D eigenvalue weighted by molar-refractivity contribution is -0.146. The Bertz CT molecular complexity index is 693. The molecule has 3 atom stereocenters. The zero-order chi connectivity index (χ0) is 20.3. The van der Waals surface area contributed by atoms with Crippen molar-refractivity contribution in [1.29, 1.82) is 0 Å². The zero-order valence-corrected chi connectivity index (χ0v) is 17.5. The van der Waals surface area contributed by atoms with Gasteiger partial charge in [0.1, 0.15) is 11.7 Å². The quantitative estimate of drug-likeness (QED) is 0.827. The highest BCUT2D eigenvalue weighted by molar-refractivity contribution is 6.30. The van der Waals surface area contributed by atoms with Gasteiger partial charge in [0.15, 0.2) is 0 Å². The van der Waals surface area contributed by atoms with Crippen LogP contribution in [0.1, 0.15) is 51.5 Å². The third kappa shape index (κ3) is 5.61. The summed E-state index contributed by atoms with van der Waals surface area (Å²) in [5, 5.41) is 3.54. The van der Waals surface area contributed by atoms with Crippen LogP contribution < -0.4 is 5.32 Å². The molecule has 1 N–H and O–H groups in total. The average Bonchev–Trinajstić information content (AvgIpc) is 3.11. The molecule has 2 aliphatic heterocycles. The molecule has 0 saturated carbocycles. The number of amides is 2. The number of hydrogen-bond donors (Lipinski definition) is 1. The first-order valence-corrected chi connectivity index (χ1v) is 10.2. The normalized spacial score (nSPS) is 25.4. The molecular weight excluding hydrogens is 380 g/mol. The van der Waals surface area contributed by atoms with Gasteiger partial charge >= 0.3 is 6.09 Å². The molecule has 1 unspecified atom stereocenters. The van der Waals surface area contributed by atoms with Crippen molar-refractivity contribution in [2.24, 2.45) is 0 Å². The van der Waals surface area contributed by atoms with E-state index in [2.05, 4.69) is 5.32 Å². The van der Waals surface area contributed by atoms with Gasteiger partial charge in [0.05, 0.1) is 12.6 Å². The van der Waals surface area contributed by atoms with Crippen LogP contribution in [0.2, 0.25) is 5.02 Å². The van der Waals surface area contributed by atoms with E-state index in [0.717, 1.165) is 18.0 Å². The summed E-state index contributed by atoms with van der Waals surface area (Å²) in [4.78, 5) is 26.6. The summed E-state index contributed by atoms with van der Waals surface area (Å²) in [6.07, 6.45) is 1.37. The van der Waals surface area contributed by atoms with Gasteiger partial charge in [-0.3, -0.25) is 4.79 Å². The number of ether oxygens (including phenoxy) is 2. The highest BCUT2D eigenvalue weighted by Gasteiger charge is 2.35. The standard InChI is InChI=1S/C21H29ClN2O4/c1-21(2,3)28-20(26)23-17-8-9-18(27-13-17)19(25)24-11-10-15(12-24)14-4-6-16(22)7-5-14/h4-7,15,17-18H,8-13H2,1-3H3,(H,23,26)/t15?,17-,18+/m1/s1. The number of halogens is 1. The second-order valence-corrected chi connectivity index (χ2v) is 9.00. The minimum Gasteiger partial charge on any atom is -0.444 e. The van der Waals surface area contributed by atoms with Crippen LogP contribution in [0.5, 0.6) is 0 Å². The molecule has 2 aliphatic rings. The molecule has 154 valence electrons. The maximum atomic E-state index is 12.8. The van der Waals surface area contributed by atoms with Gasteiger partial charge < -0.3 is 19.7 Å². The molecule has 6 nitrogen and oxygen atoms in total. The Morgan fingerprint density at radius 1 is 1.18 bits per heavy atom. The number of carbonyl (C=O) groups is 2. The number of likely N-dealkylation sites (tertiary alicyclic amines) is 1. The lowest BCUT2D eigenvalue weighted by atomic mass is 9.99. The fourth-order valence-corrected chi connectivity index (χ4v) is 3.83. The molecule has 0 aromatic heterocycles. The Morgan fingerprint density at radius 3 is 2.50 bits per heavy atom. The maximum absolute atomic E-state index is 12.8. The first-order valence-electron chi connectivity index (χ1n) is 9.86. The number of rotatable bonds is 3. The van der Waals surface area contributed by atoms with Gasteiger partial charge in [-0.15, -0.1) is 0 Å². The first kappa shape index (κ1) is 20.9. The van der Waals surface area contributed by atoms with E-state index in [1.165, 1.54) is 5.56 Å². The first-order chi connectivity index (χ1) is 13.2. The molecule has 1 aromatic carbocycles. The summed E-state index contributed by atoms with van der Waals surface area (Å²) in [5.74, 6) is 0.388. The van der Waals surface area contributed by atoms with Crippen LogP contribution >= 0.6 is 11.6 Å². The number of nitrogens with zero attached hydrogens (tertiary/aromatic N) is 1. The molecule has 0 spiro atoms. The maximum Gasteiger partial charge on any atom is 0.407 e. The molecule has 0 radical (unpaired) electrons. The Kier molecular flexibility index (Phi) is 6.50. The minimum atomic E-state index is -0.533. The van der Waals surface area contributed by atoms with E-state index in [1.54, 1.807) is 0 Å². The highest BCUT2D eigenvalue weighted by Crippen LogP contribution is 2.29. The van der Waals surface area contributed by atoms with Crippen molar-refractivity contribution < 1.29 is 19.1 Å². The molecule has 1 aromatic rings. The van der Waals surface area contributed by atoms with E-state index in [1.807, 2.05) is 49.9 Å². The third-order valence-corrected chi connectivity index (χ3v) is 5.37. The van der Waals surface area contributed by atoms with Gasteiger partial charge in [0.25, 0.3) is 5.91 Å². The average molecular weight is 409 g/mol. The van der Waals surface area contributed by atoms with E-state index in [4.69, 9.17) is 21.1 Å². The lowest BCUT2D eigenvalue weighted by Crippen LogP contribution is -2.48. The van der Waals surface area contributed by atoms with Crippen LogP contribution in [0.25, 0.3) is 0 Å². The number of benzene rings is 1. The third-order valence-electron chi connectivity index (χ3n) is 5.11. The van der Waals surface area contributed by atoms with E-state index in [-0.39, 0.29) is 11.9 Å². The van der Waals surface area contributed by atoms with Crippen LogP contribution in [0.3, 0.4) is 0 Å². The van der Waals surface area contributed by atoms with Crippen molar-refractivity contribution in [1.82, 2.24) is 10.2 Å². The second-order valence-electron chi connectivity index (χ2n) is 8.56. The zero-order valence-electron chi connectivity index (χ0n) is 16.7. The summed E-state index contributed by atoms with van der Waals surface area (Å²) in [5.41, 5.74) is 0.681. The van der Waals surface area contributed by atoms with Crippen LogP contribution in [-0.4, -0.2) is 54.3 Å². The monoisotopic (exact) mass is 408 g/mol. The molecule has 0 bridgehead atoms. The Labute approximate surface area is 171 Å². The van der Waals surface area contributed by atoms with Crippen LogP contribution in [-0.2, 0) is 14.3 Å².